The molecule has 0 radical (unpaired) electrons. The van der Waals surface area contributed by atoms with Gasteiger partial charge in [-0.25, -0.2) is 9.67 Å². The van der Waals surface area contributed by atoms with Crippen LogP contribution in [0.2, 0.25) is 10.0 Å². The van der Waals surface area contributed by atoms with E-state index in [-0.39, 0.29) is 12.1 Å². The molecule has 5 nitrogen and oxygen atoms in total. The number of hydrogen-bond donors (Lipinski definition) is 1. The van der Waals surface area contributed by atoms with E-state index in [4.69, 9.17) is 27.9 Å². The Labute approximate surface area is 126 Å². The van der Waals surface area contributed by atoms with Crippen LogP contribution in [0.3, 0.4) is 0 Å². The van der Waals surface area contributed by atoms with Gasteiger partial charge in [-0.15, -0.1) is 0 Å². The lowest BCUT2D eigenvalue weighted by Gasteiger charge is -2.24. The van der Waals surface area contributed by atoms with E-state index >= 15 is 0 Å². The average molecular weight is 313 g/mol. The molecule has 3 unspecified atom stereocenters. The molecule has 0 saturated carbocycles. The maximum atomic E-state index is 6.27. The van der Waals surface area contributed by atoms with E-state index in [0.717, 1.165) is 5.56 Å². The summed E-state index contributed by atoms with van der Waals surface area (Å²) in [7, 11) is 0. The number of aromatic nitrogens is 3. The quantitative estimate of drug-likeness (QED) is 0.926. The van der Waals surface area contributed by atoms with Crippen molar-refractivity contribution in [1.29, 1.82) is 0 Å². The van der Waals surface area contributed by atoms with Crippen molar-refractivity contribution in [3.8, 4) is 0 Å². The van der Waals surface area contributed by atoms with Crippen LogP contribution >= 0.6 is 23.2 Å². The molecule has 7 heteroatoms. The third kappa shape index (κ3) is 2.31. The highest BCUT2D eigenvalue weighted by Gasteiger charge is 2.43. The summed E-state index contributed by atoms with van der Waals surface area (Å²) in [6.45, 7) is 3.94. The second-order valence-electron chi connectivity index (χ2n) is 4.96. The van der Waals surface area contributed by atoms with E-state index in [0.29, 0.717) is 10.0 Å². The zero-order valence-electron chi connectivity index (χ0n) is 11.0. The predicted octanol–water partition coefficient (Wildman–Crippen LogP) is 2.96. The summed E-state index contributed by atoms with van der Waals surface area (Å²) in [5, 5.41) is 8.71. The van der Waals surface area contributed by atoms with Gasteiger partial charge in [-0.2, -0.15) is 5.10 Å². The highest BCUT2D eigenvalue weighted by atomic mass is 35.5. The van der Waals surface area contributed by atoms with Gasteiger partial charge < -0.3 is 4.74 Å². The number of halogens is 2. The van der Waals surface area contributed by atoms with Crippen LogP contribution in [0.1, 0.15) is 25.5 Å². The summed E-state index contributed by atoms with van der Waals surface area (Å²) in [5.41, 5.74) is 0.903. The lowest BCUT2D eigenvalue weighted by Crippen LogP contribution is -2.43. The van der Waals surface area contributed by atoms with E-state index in [1.54, 1.807) is 17.1 Å². The van der Waals surface area contributed by atoms with Gasteiger partial charge in [0, 0.05) is 28.6 Å². The molecule has 0 aliphatic carbocycles. The molecule has 1 fully saturated rings. The minimum atomic E-state index is -0.746. The van der Waals surface area contributed by atoms with Crippen LogP contribution in [0.25, 0.3) is 0 Å². The van der Waals surface area contributed by atoms with Crippen molar-refractivity contribution in [3.05, 3.63) is 46.5 Å². The maximum absolute atomic E-state index is 6.27. The molecule has 106 valence electrons. The van der Waals surface area contributed by atoms with Crippen molar-refractivity contribution in [2.75, 3.05) is 0 Å². The van der Waals surface area contributed by atoms with Crippen molar-refractivity contribution in [3.63, 3.8) is 0 Å². The molecule has 2 heterocycles. The number of rotatable bonds is 2. The van der Waals surface area contributed by atoms with Crippen molar-refractivity contribution in [2.24, 2.45) is 0 Å². The first-order valence-corrected chi connectivity index (χ1v) is 7.01. The number of benzene rings is 1. The summed E-state index contributed by atoms with van der Waals surface area (Å²) in [5.74, 6) is -0.746. The predicted molar refractivity (Wildman–Crippen MR) is 76.6 cm³/mol. The first-order chi connectivity index (χ1) is 9.49. The number of nitrogens with one attached hydrogen (secondary N) is 1. The summed E-state index contributed by atoms with van der Waals surface area (Å²) in [6, 6.07) is 5.49. The molecule has 1 N–H and O–H groups in total. The van der Waals surface area contributed by atoms with Gasteiger partial charge in [-0.1, -0.05) is 29.3 Å². The van der Waals surface area contributed by atoms with Gasteiger partial charge in [-0.3, -0.25) is 5.32 Å². The average Bonchev–Trinajstić information content (AvgIpc) is 2.99. The zero-order chi connectivity index (χ0) is 14.3. The van der Waals surface area contributed by atoms with Crippen molar-refractivity contribution in [2.45, 2.75) is 31.8 Å². The van der Waals surface area contributed by atoms with Gasteiger partial charge in [0.05, 0.1) is 0 Å². The molecule has 3 rings (SSSR count). The highest BCUT2D eigenvalue weighted by molar-refractivity contribution is 6.35. The van der Waals surface area contributed by atoms with E-state index in [2.05, 4.69) is 15.4 Å². The second kappa shape index (κ2) is 5.00. The summed E-state index contributed by atoms with van der Waals surface area (Å²) >= 11 is 12.2. The number of hydrogen-bond acceptors (Lipinski definition) is 4. The number of ether oxygens (including phenoxy) is 1. The molecular formula is C13H14Cl2N4O. The van der Waals surface area contributed by atoms with Gasteiger partial charge in [0.2, 0.25) is 5.85 Å². The van der Waals surface area contributed by atoms with Crippen LogP contribution in [0.15, 0.2) is 30.9 Å². The first-order valence-electron chi connectivity index (χ1n) is 6.25. The second-order valence-corrected chi connectivity index (χ2v) is 5.80. The molecule has 1 saturated heterocycles. The fourth-order valence-electron chi connectivity index (χ4n) is 2.50. The Bertz CT molecular complexity index is 619. The van der Waals surface area contributed by atoms with E-state index in [1.165, 1.54) is 6.33 Å². The molecule has 1 aliphatic rings. The highest BCUT2D eigenvalue weighted by Crippen LogP contribution is 2.38. The Balaban J connectivity index is 1.93. The molecule has 0 spiro atoms. The molecule has 0 bridgehead atoms. The Morgan fingerprint density at radius 2 is 2.20 bits per heavy atom. The third-order valence-corrected chi connectivity index (χ3v) is 3.99. The molecular weight excluding hydrogens is 299 g/mol. The Morgan fingerprint density at radius 1 is 1.40 bits per heavy atom. The molecule has 3 atom stereocenters. The van der Waals surface area contributed by atoms with Crippen molar-refractivity contribution in [1.82, 2.24) is 20.1 Å². The van der Waals surface area contributed by atoms with Crippen molar-refractivity contribution < 1.29 is 4.74 Å². The van der Waals surface area contributed by atoms with Crippen LogP contribution in [-0.4, -0.2) is 20.8 Å². The Kier molecular flexibility index (Phi) is 3.46. The smallest absolute Gasteiger partial charge is 0.216 e. The third-order valence-electron chi connectivity index (χ3n) is 3.43. The zero-order valence-corrected chi connectivity index (χ0v) is 12.6. The van der Waals surface area contributed by atoms with Crippen LogP contribution in [0, 0.1) is 0 Å². The topological polar surface area (TPSA) is 52.0 Å². The van der Waals surface area contributed by atoms with Gasteiger partial charge >= 0.3 is 0 Å². The monoisotopic (exact) mass is 312 g/mol. The maximum Gasteiger partial charge on any atom is 0.216 e. The fraction of sp³-hybridized carbons (Fsp3) is 0.385. The molecule has 20 heavy (non-hydrogen) atoms. The largest absolute Gasteiger partial charge is 0.331 e. The minimum Gasteiger partial charge on any atom is -0.331 e. The molecule has 1 aromatic carbocycles. The van der Waals surface area contributed by atoms with Gasteiger partial charge in [-0.05, 0) is 19.1 Å². The number of nitrogens with zero attached hydrogens (tertiary/aromatic N) is 3. The summed E-state index contributed by atoms with van der Waals surface area (Å²) < 4.78 is 7.78. The van der Waals surface area contributed by atoms with E-state index in [1.807, 2.05) is 26.0 Å². The Hall–Kier alpha value is -1.14. The molecule has 1 aromatic heterocycles. The normalized spacial score (nSPS) is 29.8. The molecule has 2 aromatic rings. The standard InChI is InChI=1S/C13H14Cl2N4O/c1-8-12(10-4-3-9(14)5-11(10)15)20-13(2,18-8)19-7-16-6-17-19/h3-8,12,18H,1-2H3. The Morgan fingerprint density at radius 3 is 2.85 bits per heavy atom. The van der Waals surface area contributed by atoms with Crippen LogP contribution in [0.4, 0.5) is 0 Å². The van der Waals surface area contributed by atoms with E-state index in [9.17, 15) is 0 Å². The minimum absolute atomic E-state index is 0.0721. The fourth-order valence-corrected chi connectivity index (χ4v) is 3.01. The molecule has 0 amide bonds. The molecule has 1 aliphatic heterocycles. The van der Waals surface area contributed by atoms with Crippen LogP contribution < -0.4 is 5.32 Å². The van der Waals surface area contributed by atoms with Gasteiger partial charge in [0.15, 0.2) is 0 Å². The van der Waals surface area contributed by atoms with Gasteiger partial charge in [0.1, 0.15) is 18.8 Å². The van der Waals surface area contributed by atoms with Crippen molar-refractivity contribution >= 4 is 23.2 Å². The van der Waals surface area contributed by atoms with Crippen LogP contribution in [-0.2, 0) is 10.6 Å². The van der Waals surface area contributed by atoms with E-state index < -0.39 is 5.85 Å². The summed E-state index contributed by atoms with van der Waals surface area (Å²) in [6.07, 6.45) is 2.91. The lowest BCUT2D eigenvalue weighted by molar-refractivity contribution is -0.106. The van der Waals surface area contributed by atoms with Crippen LogP contribution in [0.5, 0.6) is 0 Å². The SMILES string of the molecule is CC1NC(C)(n2cncn2)OC1c1ccc(Cl)cc1Cl. The summed E-state index contributed by atoms with van der Waals surface area (Å²) in [4.78, 5) is 3.95. The first kappa shape index (κ1) is 13.8. The lowest BCUT2D eigenvalue weighted by atomic mass is 10.0. The van der Waals surface area contributed by atoms with Gasteiger partial charge in [0.25, 0.3) is 0 Å².